The molecule has 218 valence electrons. The van der Waals surface area contributed by atoms with Crippen LogP contribution < -0.4 is 10.1 Å². The summed E-state index contributed by atoms with van der Waals surface area (Å²) in [5, 5.41) is 11.6. The molecule has 40 heavy (non-hydrogen) atoms. The van der Waals surface area contributed by atoms with Gasteiger partial charge in [-0.2, -0.15) is 5.10 Å². The summed E-state index contributed by atoms with van der Waals surface area (Å²) in [7, 11) is 0. The van der Waals surface area contributed by atoms with Gasteiger partial charge >= 0.3 is 6.09 Å². The molecule has 2 aliphatic rings. The summed E-state index contributed by atoms with van der Waals surface area (Å²) in [5.74, 6) is 0.546. The first-order valence-corrected chi connectivity index (χ1v) is 14.7. The van der Waals surface area contributed by atoms with Crippen molar-refractivity contribution in [2.75, 3.05) is 26.2 Å². The van der Waals surface area contributed by atoms with Crippen LogP contribution in [0.2, 0.25) is 0 Å². The molecular formula is C31H44N4O5. The van der Waals surface area contributed by atoms with E-state index in [0.29, 0.717) is 25.8 Å². The Kier molecular flexibility index (Phi) is 10.4. The Morgan fingerprint density at radius 3 is 2.55 bits per heavy atom. The van der Waals surface area contributed by atoms with E-state index in [4.69, 9.17) is 14.2 Å². The topological polar surface area (TPSA) is 103 Å². The lowest BCUT2D eigenvalue weighted by Crippen LogP contribution is -2.50. The van der Waals surface area contributed by atoms with Crippen molar-refractivity contribution in [1.82, 2.24) is 20.4 Å². The lowest BCUT2D eigenvalue weighted by atomic mass is 9.97. The molecule has 2 aromatic rings. The van der Waals surface area contributed by atoms with Crippen LogP contribution in [0.3, 0.4) is 0 Å². The number of carbonyl (C=O) groups is 2. The van der Waals surface area contributed by atoms with Gasteiger partial charge in [0.1, 0.15) is 11.4 Å². The summed E-state index contributed by atoms with van der Waals surface area (Å²) in [6.07, 6.45) is 8.38. The van der Waals surface area contributed by atoms with E-state index in [9.17, 15) is 9.59 Å². The summed E-state index contributed by atoms with van der Waals surface area (Å²) < 4.78 is 17.5. The zero-order valence-corrected chi connectivity index (χ0v) is 24.4. The Labute approximate surface area is 238 Å². The molecule has 1 atom stereocenters. The Balaban J connectivity index is 1.41. The molecule has 0 bridgehead atoms. The number of aromatic nitrogens is 2. The molecule has 9 nitrogen and oxygen atoms in total. The second-order valence-electron chi connectivity index (χ2n) is 11.7. The van der Waals surface area contributed by atoms with Gasteiger partial charge in [-0.05, 0) is 83.1 Å². The molecule has 9 heteroatoms. The zero-order chi connectivity index (χ0) is 28.5. The highest BCUT2D eigenvalue weighted by Gasteiger charge is 2.28. The number of hydrogen-bond donors (Lipinski definition) is 1. The molecule has 1 N–H and O–H groups in total. The number of nitrogens with one attached hydrogen (secondary N) is 1. The van der Waals surface area contributed by atoms with Crippen LogP contribution in [-0.2, 0) is 15.9 Å². The van der Waals surface area contributed by atoms with Crippen molar-refractivity contribution in [3.8, 4) is 16.9 Å². The number of ether oxygens (including phenoxy) is 3. The van der Waals surface area contributed by atoms with E-state index < -0.39 is 5.60 Å². The molecule has 0 radical (unpaired) electrons. The maximum atomic E-state index is 13.1. The molecule has 2 heterocycles. The third-order valence-corrected chi connectivity index (χ3v) is 7.17. The quantitative estimate of drug-likeness (QED) is 0.434. The fourth-order valence-corrected chi connectivity index (χ4v) is 5.03. The van der Waals surface area contributed by atoms with Crippen molar-refractivity contribution in [3.05, 3.63) is 41.7 Å². The van der Waals surface area contributed by atoms with Gasteiger partial charge in [0.05, 0.1) is 31.1 Å². The van der Waals surface area contributed by atoms with Crippen LogP contribution in [0.25, 0.3) is 11.1 Å². The number of nitrogens with zero attached hydrogens (tertiary/aromatic N) is 3. The number of unbranched alkanes of at least 4 members (excludes halogenated alkanes) is 1. The van der Waals surface area contributed by atoms with Gasteiger partial charge in [-0.3, -0.25) is 4.79 Å². The predicted octanol–water partition coefficient (Wildman–Crippen LogP) is 5.56. The largest absolute Gasteiger partial charge is 0.490 e. The van der Waals surface area contributed by atoms with Crippen molar-refractivity contribution in [2.45, 2.75) is 96.9 Å². The minimum Gasteiger partial charge on any atom is -0.490 e. The van der Waals surface area contributed by atoms with Crippen molar-refractivity contribution < 1.29 is 23.8 Å². The molecule has 1 aliphatic carbocycles. The summed E-state index contributed by atoms with van der Waals surface area (Å²) in [5.41, 5.74) is 2.44. The van der Waals surface area contributed by atoms with E-state index in [1.807, 2.05) is 51.1 Å². The smallest absolute Gasteiger partial charge is 0.410 e. The van der Waals surface area contributed by atoms with Crippen LogP contribution in [0.5, 0.6) is 5.75 Å². The van der Waals surface area contributed by atoms with E-state index in [-0.39, 0.29) is 30.3 Å². The second-order valence-corrected chi connectivity index (χ2v) is 11.7. The number of hydrogen-bond acceptors (Lipinski definition) is 7. The Morgan fingerprint density at radius 1 is 1.10 bits per heavy atom. The van der Waals surface area contributed by atoms with E-state index in [1.54, 1.807) is 4.90 Å². The summed E-state index contributed by atoms with van der Waals surface area (Å²) in [6.45, 7) is 9.09. The molecule has 1 saturated heterocycles. The standard InChI is InChI=1S/C31H44N4O5/c1-5-6-12-27-26(22-13-15-24(16-14-22)39-23-10-8-7-9-11-23)19-28(34-33-27)29(36)32-20-25-21-35(17-18-38-25)30(37)40-31(2,3)4/h13-16,19,23,25H,5-12,17-18,20-21H2,1-4H3,(H,32,36). The van der Waals surface area contributed by atoms with Gasteiger partial charge < -0.3 is 24.4 Å². The molecule has 2 fully saturated rings. The third kappa shape index (κ3) is 8.65. The number of amides is 2. The molecule has 1 aromatic carbocycles. The Hall–Kier alpha value is -3.20. The van der Waals surface area contributed by atoms with Gasteiger partial charge in [0.2, 0.25) is 0 Å². The molecule has 1 unspecified atom stereocenters. The SMILES string of the molecule is CCCCc1nnc(C(=O)NCC2CN(C(=O)OC(C)(C)C)CCO2)cc1-c1ccc(OC2CCCCC2)cc1. The maximum Gasteiger partial charge on any atom is 0.410 e. The van der Waals surface area contributed by atoms with Gasteiger partial charge in [0, 0.05) is 18.7 Å². The fourth-order valence-electron chi connectivity index (χ4n) is 5.03. The Bertz CT molecular complexity index is 1130. The highest BCUT2D eigenvalue weighted by Crippen LogP contribution is 2.28. The lowest BCUT2D eigenvalue weighted by molar-refractivity contribution is -0.0404. The average Bonchev–Trinajstić information content (AvgIpc) is 2.95. The third-order valence-electron chi connectivity index (χ3n) is 7.17. The second kappa shape index (κ2) is 13.9. The molecular weight excluding hydrogens is 508 g/mol. The number of morpholine rings is 1. The minimum atomic E-state index is -0.568. The van der Waals surface area contributed by atoms with E-state index in [2.05, 4.69) is 22.4 Å². The molecule has 1 saturated carbocycles. The van der Waals surface area contributed by atoms with Crippen molar-refractivity contribution >= 4 is 12.0 Å². The summed E-state index contributed by atoms with van der Waals surface area (Å²) >= 11 is 0. The molecule has 1 aromatic heterocycles. The monoisotopic (exact) mass is 552 g/mol. The molecule has 0 spiro atoms. The van der Waals surface area contributed by atoms with Crippen molar-refractivity contribution in [3.63, 3.8) is 0 Å². The zero-order valence-electron chi connectivity index (χ0n) is 24.4. The normalized spacial score (nSPS) is 18.3. The predicted molar refractivity (Wildman–Crippen MR) is 153 cm³/mol. The van der Waals surface area contributed by atoms with E-state index in [0.717, 1.165) is 54.7 Å². The van der Waals surface area contributed by atoms with Crippen LogP contribution in [-0.4, -0.2) is 71.1 Å². The first-order valence-electron chi connectivity index (χ1n) is 14.7. The van der Waals surface area contributed by atoms with Crippen LogP contribution in [0.4, 0.5) is 4.79 Å². The lowest BCUT2D eigenvalue weighted by Gasteiger charge is -2.34. The van der Waals surface area contributed by atoms with Crippen LogP contribution in [0, 0.1) is 0 Å². The van der Waals surface area contributed by atoms with Gasteiger partial charge in [0.15, 0.2) is 5.69 Å². The fraction of sp³-hybridized carbons (Fsp3) is 0.613. The highest BCUT2D eigenvalue weighted by atomic mass is 16.6. The van der Waals surface area contributed by atoms with Gasteiger partial charge in [-0.15, -0.1) is 5.10 Å². The summed E-state index contributed by atoms with van der Waals surface area (Å²) in [6, 6.07) is 9.90. The van der Waals surface area contributed by atoms with Gasteiger partial charge in [-0.25, -0.2) is 4.79 Å². The Morgan fingerprint density at radius 2 is 1.85 bits per heavy atom. The highest BCUT2D eigenvalue weighted by molar-refractivity contribution is 5.93. The van der Waals surface area contributed by atoms with E-state index in [1.165, 1.54) is 19.3 Å². The molecule has 1 aliphatic heterocycles. The van der Waals surface area contributed by atoms with E-state index >= 15 is 0 Å². The van der Waals surface area contributed by atoms with Gasteiger partial charge in [-0.1, -0.05) is 31.9 Å². The number of carbonyl (C=O) groups excluding carboxylic acids is 2. The van der Waals surface area contributed by atoms with Gasteiger partial charge in [0.25, 0.3) is 5.91 Å². The first-order chi connectivity index (χ1) is 19.2. The number of benzene rings is 1. The molecule has 4 rings (SSSR count). The van der Waals surface area contributed by atoms with Crippen molar-refractivity contribution in [2.24, 2.45) is 0 Å². The molecule has 2 amide bonds. The summed E-state index contributed by atoms with van der Waals surface area (Å²) in [4.78, 5) is 27.2. The number of aryl methyl sites for hydroxylation is 1. The van der Waals surface area contributed by atoms with Crippen molar-refractivity contribution in [1.29, 1.82) is 0 Å². The van der Waals surface area contributed by atoms with Crippen LogP contribution >= 0.6 is 0 Å². The first kappa shape index (κ1) is 29.8. The minimum absolute atomic E-state index is 0.248. The maximum absolute atomic E-state index is 13.1. The number of rotatable bonds is 9. The average molecular weight is 553 g/mol. The van der Waals surface area contributed by atoms with Crippen LogP contribution in [0.1, 0.15) is 88.8 Å². The van der Waals surface area contributed by atoms with Crippen LogP contribution in [0.15, 0.2) is 30.3 Å².